The summed E-state index contributed by atoms with van der Waals surface area (Å²) in [4.78, 5) is 12.1. The lowest BCUT2D eigenvalue weighted by Crippen LogP contribution is -2.28. The molecule has 1 N–H and O–H groups in total. The summed E-state index contributed by atoms with van der Waals surface area (Å²) in [6, 6.07) is 10.4. The van der Waals surface area contributed by atoms with E-state index < -0.39 is 0 Å². The van der Waals surface area contributed by atoms with Crippen LogP contribution in [0.4, 0.5) is 0 Å². The fraction of sp³-hybridized carbons (Fsp3) is 0.353. The molecule has 0 radical (unpaired) electrons. The van der Waals surface area contributed by atoms with E-state index in [4.69, 9.17) is 4.74 Å². The standard InChI is InChI=1S/C17H20O3/c1-11(17(2,3)4)20-16(19)14-6-5-13-10-15(18)8-7-12(13)9-14/h5-11,18H,1-4H3. The van der Waals surface area contributed by atoms with Gasteiger partial charge < -0.3 is 9.84 Å². The molecule has 0 aliphatic heterocycles. The van der Waals surface area contributed by atoms with E-state index >= 15 is 0 Å². The minimum Gasteiger partial charge on any atom is -0.508 e. The zero-order valence-corrected chi connectivity index (χ0v) is 12.3. The number of rotatable bonds is 2. The van der Waals surface area contributed by atoms with Gasteiger partial charge in [0.05, 0.1) is 5.56 Å². The molecule has 3 heteroatoms. The van der Waals surface area contributed by atoms with Crippen LogP contribution < -0.4 is 0 Å². The third-order valence-electron chi connectivity index (χ3n) is 3.56. The zero-order valence-electron chi connectivity index (χ0n) is 12.3. The van der Waals surface area contributed by atoms with Crippen LogP contribution in [0.5, 0.6) is 5.75 Å². The molecule has 0 aliphatic carbocycles. The molecule has 2 rings (SSSR count). The molecule has 0 aliphatic rings. The smallest absolute Gasteiger partial charge is 0.338 e. The molecular formula is C17H20O3. The Morgan fingerprint density at radius 3 is 2.35 bits per heavy atom. The quantitative estimate of drug-likeness (QED) is 0.836. The van der Waals surface area contributed by atoms with Crippen LogP contribution in [0.25, 0.3) is 10.8 Å². The van der Waals surface area contributed by atoms with E-state index in [2.05, 4.69) is 0 Å². The molecular weight excluding hydrogens is 252 g/mol. The molecule has 1 unspecified atom stereocenters. The Bertz CT molecular complexity index is 638. The molecule has 0 fully saturated rings. The molecule has 0 amide bonds. The van der Waals surface area contributed by atoms with Gasteiger partial charge in [0.25, 0.3) is 0 Å². The number of phenols is 1. The highest BCUT2D eigenvalue weighted by Gasteiger charge is 2.24. The number of esters is 1. The minimum absolute atomic E-state index is 0.0850. The first kappa shape index (κ1) is 14.4. The molecule has 0 bridgehead atoms. The lowest BCUT2D eigenvalue weighted by molar-refractivity contribution is 0.00482. The van der Waals surface area contributed by atoms with Gasteiger partial charge in [0.2, 0.25) is 0 Å². The topological polar surface area (TPSA) is 46.5 Å². The summed E-state index contributed by atoms with van der Waals surface area (Å²) in [5.74, 6) is -0.100. The van der Waals surface area contributed by atoms with Crippen LogP contribution in [0.2, 0.25) is 0 Å². The van der Waals surface area contributed by atoms with Crippen molar-refractivity contribution in [3.63, 3.8) is 0 Å². The van der Waals surface area contributed by atoms with Crippen molar-refractivity contribution in [2.24, 2.45) is 5.41 Å². The lowest BCUT2D eigenvalue weighted by Gasteiger charge is -2.26. The van der Waals surface area contributed by atoms with Crippen molar-refractivity contribution in [3.05, 3.63) is 42.0 Å². The van der Waals surface area contributed by atoms with Crippen molar-refractivity contribution >= 4 is 16.7 Å². The van der Waals surface area contributed by atoms with E-state index in [1.54, 1.807) is 30.3 Å². The van der Waals surface area contributed by atoms with E-state index in [-0.39, 0.29) is 23.2 Å². The number of aromatic hydroxyl groups is 1. The van der Waals surface area contributed by atoms with E-state index in [0.29, 0.717) is 5.56 Å². The van der Waals surface area contributed by atoms with Gasteiger partial charge in [0.1, 0.15) is 11.9 Å². The molecule has 0 heterocycles. The molecule has 0 saturated heterocycles. The van der Waals surface area contributed by atoms with Crippen LogP contribution in [0, 0.1) is 5.41 Å². The van der Waals surface area contributed by atoms with Crippen LogP contribution in [0.15, 0.2) is 36.4 Å². The zero-order chi connectivity index (χ0) is 14.9. The number of benzene rings is 2. The minimum atomic E-state index is -0.317. The maximum Gasteiger partial charge on any atom is 0.338 e. The number of hydrogen-bond acceptors (Lipinski definition) is 3. The van der Waals surface area contributed by atoms with Crippen molar-refractivity contribution in [3.8, 4) is 5.75 Å². The van der Waals surface area contributed by atoms with Gasteiger partial charge in [-0.05, 0) is 47.4 Å². The summed E-state index contributed by atoms with van der Waals surface area (Å²) in [7, 11) is 0. The van der Waals surface area contributed by atoms with Crippen LogP contribution in [0.3, 0.4) is 0 Å². The second-order valence-corrected chi connectivity index (χ2v) is 6.16. The fourth-order valence-electron chi connectivity index (χ4n) is 1.77. The first-order valence-corrected chi connectivity index (χ1v) is 6.71. The predicted octanol–water partition coefficient (Wildman–Crippen LogP) is 4.14. The van der Waals surface area contributed by atoms with Gasteiger partial charge >= 0.3 is 5.97 Å². The summed E-state index contributed by atoms with van der Waals surface area (Å²) in [6.45, 7) is 8.01. The molecule has 2 aromatic carbocycles. The van der Waals surface area contributed by atoms with Gasteiger partial charge in [-0.3, -0.25) is 0 Å². The third-order valence-corrected chi connectivity index (χ3v) is 3.56. The van der Waals surface area contributed by atoms with Gasteiger partial charge in [-0.2, -0.15) is 0 Å². The van der Waals surface area contributed by atoms with Gasteiger partial charge in [0.15, 0.2) is 0 Å². The summed E-state index contributed by atoms with van der Waals surface area (Å²) in [5, 5.41) is 11.2. The molecule has 1 atom stereocenters. The summed E-state index contributed by atoms with van der Waals surface area (Å²) < 4.78 is 5.49. The van der Waals surface area contributed by atoms with Gasteiger partial charge in [-0.1, -0.05) is 32.9 Å². The Kier molecular flexibility index (Phi) is 3.71. The molecule has 106 valence electrons. The lowest BCUT2D eigenvalue weighted by atomic mass is 9.90. The number of carbonyl (C=O) groups excluding carboxylic acids is 1. The molecule has 0 saturated carbocycles. The Hall–Kier alpha value is -2.03. The first-order chi connectivity index (χ1) is 9.27. The number of phenolic OH excluding ortho intramolecular Hbond substituents is 1. The molecule has 2 aromatic rings. The van der Waals surface area contributed by atoms with Gasteiger partial charge in [-0.15, -0.1) is 0 Å². The number of ether oxygens (including phenoxy) is 1. The summed E-state index contributed by atoms with van der Waals surface area (Å²) >= 11 is 0. The Balaban J connectivity index is 2.25. The van der Waals surface area contributed by atoms with Gasteiger partial charge in [0, 0.05) is 0 Å². The Labute approximate surface area is 119 Å². The second-order valence-electron chi connectivity index (χ2n) is 6.16. The highest BCUT2D eigenvalue weighted by molar-refractivity contribution is 5.95. The summed E-state index contributed by atoms with van der Waals surface area (Å²) in [5.41, 5.74) is 0.442. The second kappa shape index (κ2) is 5.16. The van der Waals surface area contributed by atoms with Crippen molar-refractivity contribution in [2.45, 2.75) is 33.8 Å². The van der Waals surface area contributed by atoms with E-state index in [1.165, 1.54) is 0 Å². The van der Waals surface area contributed by atoms with Crippen molar-refractivity contribution < 1.29 is 14.6 Å². The van der Waals surface area contributed by atoms with E-state index in [1.807, 2.05) is 33.8 Å². The third kappa shape index (κ3) is 3.10. The maximum atomic E-state index is 12.1. The van der Waals surface area contributed by atoms with Crippen LogP contribution in [0.1, 0.15) is 38.1 Å². The van der Waals surface area contributed by atoms with E-state index in [0.717, 1.165) is 10.8 Å². The number of hydrogen-bond donors (Lipinski definition) is 1. The van der Waals surface area contributed by atoms with Crippen LogP contribution >= 0.6 is 0 Å². The van der Waals surface area contributed by atoms with Crippen LogP contribution in [-0.4, -0.2) is 17.2 Å². The fourth-order valence-corrected chi connectivity index (χ4v) is 1.77. The number of carbonyl (C=O) groups is 1. The maximum absolute atomic E-state index is 12.1. The SMILES string of the molecule is CC(OC(=O)c1ccc2cc(O)ccc2c1)C(C)(C)C. The average molecular weight is 272 g/mol. The van der Waals surface area contributed by atoms with Crippen molar-refractivity contribution in [2.75, 3.05) is 0 Å². The summed E-state index contributed by atoms with van der Waals surface area (Å²) in [6.07, 6.45) is -0.162. The van der Waals surface area contributed by atoms with Crippen molar-refractivity contribution in [1.29, 1.82) is 0 Å². The Morgan fingerprint density at radius 2 is 1.70 bits per heavy atom. The highest BCUT2D eigenvalue weighted by atomic mass is 16.5. The van der Waals surface area contributed by atoms with E-state index in [9.17, 15) is 9.90 Å². The molecule has 20 heavy (non-hydrogen) atoms. The van der Waals surface area contributed by atoms with Crippen molar-refractivity contribution in [1.82, 2.24) is 0 Å². The Morgan fingerprint density at radius 1 is 1.10 bits per heavy atom. The average Bonchev–Trinajstić information content (AvgIpc) is 2.36. The number of fused-ring (bicyclic) bond motifs is 1. The molecule has 0 spiro atoms. The largest absolute Gasteiger partial charge is 0.508 e. The highest BCUT2D eigenvalue weighted by Crippen LogP contribution is 2.24. The van der Waals surface area contributed by atoms with Crippen LogP contribution in [-0.2, 0) is 4.74 Å². The molecule has 3 nitrogen and oxygen atoms in total. The normalized spacial score (nSPS) is 13.2. The first-order valence-electron chi connectivity index (χ1n) is 6.71. The molecule has 0 aromatic heterocycles. The predicted molar refractivity (Wildman–Crippen MR) is 79.9 cm³/mol. The monoisotopic (exact) mass is 272 g/mol. The van der Waals surface area contributed by atoms with Gasteiger partial charge in [-0.25, -0.2) is 4.79 Å².